The molecule has 1 unspecified atom stereocenters. The fourth-order valence-corrected chi connectivity index (χ4v) is 1.28. The van der Waals surface area contributed by atoms with Crippen molar-refractivity contribution in [3.05, 3.63) is 0 Å². The van der Waals surface area contributed by atoms with Crippen LogP contribution in [0.3, 0.4) is 0 Å². The molecule has 88 valence electrons. The van der Waals surface area contributed by atoms with E-state index in [4.69, 9.17) is 5.73 Å². The van der Waals surface area contributed by atoms with Gasteiger partial charge in [-0.15, -0.1) is 0 Å². The van der Waals surface area contributed by atoms with E-state index in [1.165, 1.54) is 6.92 Å². The van der Waals surface area contributed by atoms with Crippen LogP contribution >= 0.6 is 0 Å². The predicted molar refractivity (Wildman–Crippen MR) is 59.4 cm³/mol. The van der Waals surface area contributed by atoms with Gasteiger partial charge in [0.15, 0.2) is 5.78 Å². The molecule has 0 radical (unpaired) electrons. The van der Waals surface area contributed by atoms with E-state index in [9.17, 15) is 9.59 Å². The first-order valence-electron chi connectivity index (χ1n) is 5.26. The van der Waals surface area contributed by atoms with Crippen molar-refractivity contribution >= 4 is 11.7 Å². The summed E-state index contributed by atoms with van der Waals surface area (Å²) in [4.78, 5) is 22.5. The van der Waals surface area contributed by atoms with Crippen molar-refractivity contribution in [3.8, 4) is 0 Å². The van der Waals surface area contributed by atoms with Gasteiger partial charge in [-0.25, -0.2) is 0 Å². The number of nitrogens with one attached hydrogen (secondary N) is 2. The lowest BCUT2D eigenvalue weighted by atomic mass is 10.1. The third-order valence-electron chi connectivity index (χ3n) is 2.11. The van der Waals surface area contributed by atoms with Gasteiger partial charge in [0.25, 0.3) is 0 Å². The number of likely N-dealkylation sites (N-methyl/N-ethyl adjacent to an activating group) is 1. The van der Waals surface area contributed by atoms with E-state index < -0.39 is 0 Å². The Labute approximate surface area is 90.8 Å². The summed E-state index contributed by atoms with van der Waals surface area (Å²) in [6, 6.07) is -0.364. The quantitative estimate of drug-likeness (QED) is 0.472. The molecular formula is C10H21N3O2. The minimum atomic E-state index is -0.364. The Hall–Kier alpha value is -0.940. The summed E-state index contributed by atoms with van der Waals surface area (Å²) in [5, 5.41) is 5.42. The number of carbonyl (C=O) groups is 2. The van der Waals surface area contributed by atoms with E-state index in [0.29, 0.717) is 13.0 Å². The maximum Gasteiger partial charge on any atom is 0.234 e. The topological polar surface area (TPSA) is 84.2 Å². The Morgan fingerprint density at radius 2 is 2.00 bits per heavy atom. The average molecular weight is 215 g/mol. The van der Waals surface area contributed by atoms with Crippen LogP contribution in [0.2, 0.25) is 0 Å². The molecular weight excluding hydrogens is 194 g/mol. The van der Waals surface area contributed by atoms with E-state index in [1.807, 2.05) is 0 Å². The Balaban J connectivity index is 3.93. The molecule has 0 bridgehead atoms. The van der Waals surface area contributed by atoms with Crippen LogP contribution in [0, 0.1) is 0 Å². The maximum absolute atomic E-state index is 11.2. The Morgan fingerprint density at radius 3 is 2.47 bits per heavy atom. The van der Waals surface area contributed by atoms with E-state index in [-0.39, 0.29) is 24.3 Å². The van der Waals surface area contributed by atoms with Gasteiger partial charge in [-0.1, -0.05) is 0 Å². The molecule has 0 saturated heterocycles. The molecule has 0 spiro atoms. The lowest BCUT2D eigenvalue weighted by molar-refractivity contribution is -0.126. The van der Waals surface area contributed by atoms with Crippen molar-refractivity contribution in [1.29, 1.82) is 0 Å². The highest BCUT2D eigenvalue weighted by molar-refractivity contribution is 5.88. The minimum absolute atomic E-state index is 0.00326. The van der Waals surface area contributed by atoms with Gasteiger partial charge >= 0.3 is 0 Å². The molecule has 1 atom stereocenters. The molecule has 4 N–H and O–H groups in total. The molecule has 5 heteroatoms. The predicted octanol–water partition coefficient (Wildman–Crippen LogP) is -0.591. The molecule has 0 aliphatic carbocycles. The van der Waals surface area contributed by atoms with Gasteiger partial charge in [0, 0.05) is 0 Å². The van der Waals surface area contributed by atoms with Crippen LogP contribution in [-0.4, -0.2) is 37.9 Å². The van der Waals surface area contributed by atoms with Crippen molar-refractivity contribution in [3.63, 3.8) is 0 Å². The minimum Gasteiger partial charge on any atom is -0.345 e. The zero-order valence-electron chi connectivity index (χ0n) is 9.51. The van der Waals surface area contributed by atoms with Crippen LogP contribution in [0.15, 0.2) is 0 Å². The number of carbonyl (C=O) groups excluding carboxylic acids is 2. The summed E-state index contributed by atoms with van der Waals surface area (Å²) >= 11 is 0. The van der Waals surface area contributed by atoms with E-state index >= 15 is 0 Å². The van der Waals surface area contributed by atoms with Gasteiger partial charge in [-0.05, 0) is 39.8 Å². The van der Waals surface area contributed by atoms with Crippen LogP contribution in [-0.2, 0) is 9.59 Å². The molecule has 5 nitrogen and oxygen atoms in total. The highest BCUT2D eigenvalue weighted by atomic mass is 16.2. The average Bonchev–Trinajstić information content (AvgIpc) is 2.16. The largest absolute Gasteiger partial charge is 0.345 e. The van der Waals surface area contributed by atoms with Gasteiger partial charge in [0.05, 0.1) is 12.6 Å². The monoisotopic (exact) mass is 215 g/mol. The summed E-state index contributed by atoms with van der Waals surface area (Å²) in [5.74, 6) is -0.151. The molecule has 0 aromatic heterocycles. The molecule has 0 aromatic rings. The molecule has 0 fully saturated rings. The van der Waals surface area contributed by atoms with Gasteiger partial charge in [0.1, 0.15) is 0 Å². The van der Waals surface area contributed by atoms with Crippen molar-refractivity contribution in [1.82, 2.24) is 10.6 Å². The SMILES string of the molecule is CNCC(=O)NC(CCCCN)C(C)=O. The summed E-state index contributed by atoms with van der Waals surface area (Å²) in [7, 11) is 1.69. The molecule has 0 heterocycles. The van der Waals surface area contributed by atoms with Gasteiger partial charge in [0.2, 0.25) is 5.91 Å². The molecule has 0 aliphatic heterocycles. The number of hydrogen-bond acceptors (Lipinski definition) is 4. The van der Waals surface area contributed by atoms with Crippen LogP contribution < -0.4 is 16.4 Å². The van der Waals surface area contributed by atoms with Crippen LogP contribution in [0.4, 0.5) is 0 Å². The molecule has 15 heavy (non-hydrogen) atoms. The summed E-state index contributed by atoms with van der Waals surface area (Å²) in [6.07, 6.45) is 2.41. The van der Waals surface area contributed by atoms with Crippen molar-refractivity contribution in [2.75, 3.05) is 20.1 Å². The second kappa shape index (κ2) is 8.38. The number of ketones is 1. The highest BCUT2D eigenvalue weighted by Gasteiger charge is 2.15. The van der Waals surface area contributed by atoms with Crippen molar-refractivity contribution in [2.45, 2.75) is 32.2 Å². The summed E-state index contributed by atoms with van der Waals surface area (Å²) in [6.45, 7) is 2.35. The maximum atomic E-state index is 11.2. The first-order chi connectivity index (χ1) is 7.11. The molecule has 1 amide bonds. The van der Waals surface area contributed by atoms with Crippen molar-refractivity contribution in [2.24, 2.45) is 5.73 Å². The van der Waals surface area contributed by atoms with E-state index in [2.05, 4.69) is 10.6 Å². The molecule has 0 saturated carbocycles. The Bertz CT molecular complexity index is 207. The van der Waals surface area contributed by atoms with Gasteiger partial charge in [-0.2, -0.15) is 0 Å². The molecule has 0 rings (SSSR count). The number of rotatable bonds is 8. The highest BCUT2D eigenvalue weighted by Crippen LogP contribution is 2.01. The lowest BCUT2D eigenvalue weighted by Crippen LogP contribution is -2.43. The van der Waals surface area contributed by atoms with Crippen LogP contribution in [0.1, 0.15) is 26.2 Å². The first-order valence-corrected chi connectivity index (χ1v) is 5.26. The standard InChI is InChI=1S/C10H21N3O2/c1-8(14)9(5-3-4-6-11)13-10(15)7-12-2/h9,12H,3-7,11H2,1-2H3,(H,13,15). The molecule has 0 aromatic carbocycles. The van der Waals surface area contributed by atoms with Gasteiger partial charge < -0.3 is 16.4 Å². The number of amides is 1. The molecule has 0 aliphatic rings. The number of Topliss-reactive ketones (excluding diaryl/α,β-unsaturated/α-hetero) is 1. The first kappa shape index (κ1) is 14.1. The zero-order valence-corrected chi connectivity index (χ0v) is 9.51. The lowest BCUT2D eigenvalue weighted by Gasteiger charge is -2.15. The number of unbranched alkanes of at least 4 members (excludes halogenated alkanes) is 1. The fraction of sp³-hybridized carbons (Fsp3) is 0.800. The van der Waals surface area contributed by atoms with E-state index in [0.717, 1.165) is 12.8 Å². The second-order valence-electron chi connectivity index (χ2n) is 3.55. The normalized spacial score (nSPS) is 12.2. The third-order valence-corrected chi connectivity index (χ3v) is 2.11. The fourth-order valence-electron chi connectivity index (χ4n) is 1.28. The summed E-state index contributed by atoms with van der Waals surface area (Å²) in [5.41, 5.74) is 5.36. The van der Waals surface area contributed by atoms with Gasteiger partial charge in [-0.3, -0.25) is 9.59 Å². The van der Waals surface area contributed by atoms with E-state index in [1.54, 1.807) is 7.05 Å². The van der Waals surface area contributed by atoms with Crippen LogP contribution in [0.5, 0.6) is 0 Å². The zero-order chi connectivity index (χ0) is 11.7. The Kier molecular flexibility index (Phi) is 7.85. The number of hydrogen-bond donors (Lipinski definition) is 3. The Morgan fingerprint density at radius 1 is 1.33 bits per heavy atom. The second-order valence-corrected chi connectivity index (χ2v) is 3.55. The third kappa shape index (κ3) is 7.04. The number of nitrogens with two attached hydrogens (primary N) is 1. The summed E-state index contributed by atoms with van der Waals surface area (Å²) < 4.78 is 0. The smallest absolute Gasteiger partial charge is 0.234 e. The van der Waals surface area contributed by atoms with Crippen LogP contribution in [0.25, 0.3) is 0 Å². The van der Waals surface area contributed by atoms with Crippen molar-refractivity contribution < 1.29 is 9.59 Å².